The summed E-state index contributed by atoms with van der Waals surface area (Å²) in [4.78, 5) is 28.8. The summed E-state index contributed by atoms with van der Waals surface area (Å²) in [6.07, 6.45) is -3.22. The quantitative estimate of drug-likeness (QED) is 0.799. The zero-order valence-electron chi connectivity index (χ0n) is 17.6. The number of carbonyl (C=O) groups is 2. The number of hydrogen-bond donors (Lipinski definition) is 1. The Balaban J connectivity index is 1.47. The van der Waals surface area contributed by atoms with Crippen LogP contribution in [0.25, 0.3) is 0 Å². The Morgan fingerprint density at radius 1 is 1.10 bits per heavy atom. The lowest BCUT2D eigenvalue weighted by Crippen LogP contribution is -2.52. The first-order valence-electron chi connectivity index (χ1n) is 10.6. The van der Waals surface area contributed by atoms with Gasteiger partial charge in [-0.15, -0.1) is 0 Å². The second-order valence-electron chi connectivity index (χ2n) is 8.50. The smallest absolute Gasteiger partial charge is 0.340 e. The third-order valence-electron chi connectivity index (χ3n) is 6.42. The van der Waals surface area contributed by atoms with Gasteiger partial charge < -0.3 is 10.2 Å². The van der Waals surface area contributed by atoms with E-state index in [0.29, 0.717) is 39.0 Å². The molecule has 5 nitrogen and oxygen atoms in total. The number of benzene rings is 1. The van der Waals surface area contributed by atoms with Crippen molar-refractivity contribution in [1.82, 2.24) is 9.80 Å². The Morgan fingerprint density at radius 2 is 1.80 bits per heavy atom. The van der Waals surface area contributed by atoms with Crippen LogP contribution in [0.4, 0.5) is 18.9 Å². The molecule has 8 heteroatoms. The van der Waals surface area contributed by atoms with Gasteiger partial charge in [0.2, 0.25) is 11.8 Å². The van der Waals surface area contributed by atoms with Crippen LogP contribution in [0.2, 0.25) is 0 Å². The number of nitrogens with one attached hydrogen (secondary N) is 1. The van der Waals surface area contributed by atoms with Crippen LogP contribution in [-0.4, -0.2) is 60.5 Å². The van der Waals surface area contributed by atoms with Crippen molar-refractivity contribution < 1.29 is 22.8 Å². The molecular formula is C22H30F3N3O2. The molecule has 3 rings (SSSR count). The van der Waals surface area contributed by atoms with E-state index in [4.69, 9.17) is 0 Å². The summed E-state index contributed by atoms with van der Waals surface area (Å²) in [7, 11) is 0. The lowest BCUT2D eigenvalue weighted by Gasteiger charge is -2.38. The third kappa shape index (κ3) is 5.53. The molecule has 2 atom stereocenters. The number of carbonyl (C=O) groups excluding carboxylic acids is 2. The molecule has 1 aromatic rings. The lowest BCUT2D eigenvalue weighted by molar-refractivity contribution is -0.187. The van der Waals surface area contributed by atoms with Gasteiger partial charge in [0.05, 0.1) is 12.5 Å². The number of halogens is 3. The summed E-state index contributed by atoms with van der Waals surface area (Å²) in [5.41, 5.74) is 2.94. The fourth-order valence-corrected chi connectivity index (χ4v) is 4.38. The van der Waals surface area contributed by atoms with E-state index in [-0.39, 0.29) is 31.2 Å². The van der Waals surface area contributed by atoms with Crippen molar-refractivity contribution in [3.05, 3.63) is 29.3 Å². The van der Waals surface area contributed by atoms with Crippen molar-refractivity contribution in [2.24, 2.45) is 11.8 Å². The number of amides is 2. The van der Waals surface area contributed by atoms with Crippen LogP contribution in [0.1, 0.15) is 36.8 Å². The summed E-state index contributed by atoms with van der Waals surface area (Å²) < 4.78 is 39.1. The van der Waals surface area contributed by atoms with E-state index in [1.54, 1.807) is 4.90 Å². The van der Waals surface area contributed by atoms with Gasteiger partial charge in [0.15, 0.2) is 0 Å². The summed E-state index contributed by atoms with van der Waals surface area (Å²) in [6.45, 7) is 6.16. The molecule has 1 N–H and O–H groups in total. The van der Waals surface area contributed by atoms with Crippen LogP contribution in [0.5, 0.6) is 0 Å². The number of aryl methyl sites for hydroxylation is 1. The predicted molar refractivity (Wildman–Crippen MR) is 109 cm³/mol. The molecule has 2 amide bonds. The van der Waals surface area contributed by atoms with Crippen LogP contribution < -0.4 is 5.32 Å². The predicted octanol–water partition coefficient (Wildman–Crippen LogP) is 3.75. The van der Waals surface area contributed by atoms with Gasteiger partial charge in [0.1, 0.15) is 0 Å². The van der Waals surface area contributed by atoms with E-state index in [2.05, 4.69) is 5.32 Å². The molecule has 30 heavy (non-hydrogen) atoms. The minimum Gasteiger partial charge on any atom is -0.340 e. The second-order valence-corrected chi connectivity index (χ2v) is 8.50. The fraction of sp³-hybridized carbons (Fsp3) is 0.636. The van der Waals surface area contributed by atoms with Crippen molar-refractivity contribution in [1.29, 1.82) is 0 Å². The van der Waals surface area contributed by atoms with E-state index in [1.807, 2.05) is 36.9 Å². The van der Waals surface area contributed by atoms with E-state index >= 15 is 0 Å². The molecule has 1 aliphatic heterocycles. The van der Waals surface area contributed by atoms with Crippen molar-refractivity contribution in [3.63, 3.8) is 0 Å². The van der Waals surface area contributed by atoms with Crippen LogP contribution in [0.3, 0.4) is 0 Å². The fourth-order valence-electron chi connectivity index (χ4n) is 4.38. The van der Waals surface area contributed by atoms with Crippen molar-refractivity contribution in [2.45, 2.75) is 45.7 Å². The zero-order chi connectivity index (χ0) is 21.9. The van der Waals surface area contributed by atoms with Gasteiger partial charge in [0.25, 0.3) is 0 Å². The largest absolute Gasteiger partial charge is 0.391 e. The normalized spacial score (nSPS) is 23.3. The van der Waals surface area contributed by atoms with Gasteiger partial charge in [-0.3, -0.25) is 14.5 Å². The highest BCUT2D eigenvalue weighted by atomic mass is 19.4. The van der Waals surface area contributed by atoms with E-state index < -0.39 is 18.0 Å². The highest BCUT2D eigenvalue weighted by molar-refractivity contribution is 5.93. The molecule has 166 valence electrons. The van der Waals surface area contributed by atoms with Gasteiger partial charge in [-0.1, -0.05) is 18.6 Å². The number of piperazine rings is 1. The number of alkyl halides is 3. The maximum Gasteiger partial charge on any atom is 0.391 e. The van der Waals surface area contributed by atoms with E-state index in [0.717, 1.165) is 16.8 Å². The molecule has 0 aromatic heterocycles. The average molecular weight is 425 g/mol. The van der Waals surface area contributed by atoms with Crippen LogP contribution in [0, 0.1) is 25.7 Å². The van der Waals surface area contributed by atoms with Crippen LogP contribution in [0.15, 0.2) is 18.2 Å². The summed E-state index contributed by atoms with van der Waals surface area (Å²) in [5.74, 6) is -2.17. The first-order chi connectivity index (χ1) is 14.1. The van der Waals surface area contributed by atoms with Gasteiger partial charge in [-0.2, -0.15) is 13.2 Å². The topological polar surface area (TPSA) is 52.7 Å². The van der Waals surface area contributed by atoms with Gasteiger partial charge >= 0.3 is 6.18 Å². The Labute approximate surface area is 175 Å². The van der Waals surface area contributed by atoms with Crippen LogP contribution in [-0.2, 0) is 9.59 Å². The van der Waals surface area contributed by atoms with Gasteiger partial charge in [0, 0.05) is 37.8 Å². The first kappa shape index (κ1) is 22.6. The Hall–Kier alpha value is -2.09. The lowest BCUT2D eigenvalue weighted by atomic mass is 9.80. The third-order valence-corrected chi connectivity index (χ3v) is 6.42. The number of anilines is 1. The zero-order valence-corrected chi connectivity index (χ0v) is 17.6. The second kappa shape index (κ2) is 9.37. The van der Waals surface area contributed by atoms with Gasteiger partial charge in [-0.05, 0) is 50.3 Å². The monoisotopic (exact) mass is 425 g/mol. The maximum absolute atomic E-state index is 13.0. The average Bonchev–Trinajstić information content (AvgIpc) is 2.71. The molecule has 0 unspecified atom stereocenters. The summed E-state index contributed by atoms with van der Waals surface area (Å²) in [6, 6.07) is 5.76. The number of nitrogens with zero attached hydrogens (tertiary/aromatic N) is 2. The van der Waals surface area contributed by atoms with Crippen LogP contribution >= 0.6 is 0 Å². The van der Waals surface area contributed by atoms with E-state index in [9.17, 15) is 22.8 Å². The van der Waals surface area contributed by atoms with E-state index in [1.165, 1.54) is 0 Å². The minimum atomic E-state index is -4.22. The molecule has 1 saturated carbocycles. The standard InChI is InChI=1S/C22H30F3N3O2/c1-15-5-3-8-19(16(15)2)26-20(29)14-27-9-11-28(12-10-27)21(30)17-6-4-7-18(13-17)22(23,24)25/h3,5,8,17-18H,4,6-7,9-14H2,1-2H3,(H,26,29)/t17-,18-/m0/s1. The van der Waals surface area contributed by atoms with Crippen molar-refractivity contribution >= 4 is 17.5 Å². The SMILES string of the molecule is Cc1cccc(NC(=O)CN2CCN(C(=O)[C@H]3CCC[C@H](C(F)(F)F)C3)CC2)c1C. The molecule has 2 aliphatic rings. The Bertz CT molecular complexity index is 773. The number of rotatable bonds is 4. The molecule has 1 heterocycles. The Morgan fingerprint density at radius 3 is 2.47 bits per heavy atom. The van der Waals surface area contributed by atoms with Gasteiger partial charge in [-0.25, -0.2) is 0 Å². The van der Waals surface area contributed by atoms with Crippen molar-refractivity contribution in [2.75, 3.05) is 38.0 Å². The molecule has 1 saturated heterocycles. The molecule has 2 fully saturated rings. The molecule has 1 aromatic carbocycles. The highest BCUT2D eigenvalue weighted by Gasteiger charge is 2.44. The molecule has 0 bridgehead atoms. The summed E-state index contributed by atoms with van der Waals surface area (Å²) in [5, 5.41) is 2.94. The molecule has 0 spiro atoms. The minimum absolute atomic E-state index is 0.0964. The van der Waals surface area contributed by atoms with Crippen molar-refractivity contribution in [3.8, 4) is 0 Å². The maximum atomic E-state index is 13.0. The molecular weight excluding hydrogens is 395 g/mol. The molecule has 0 radical (unpaired) electrons. The number of hydrogen-bond acceptors (Lipinski definition) is 3. The highest BCUT2D eigenvalue weighted by Crippen LogP contribution is 2.40. The molecule has 1 aliphatic carbocycles. The first-order valence-corrected chi connectivity index (χ1v) is 10.6. The Kier molecular flexibility index (Phi) is 7.06. The summed E-state index contributed by atoms with van der Waals surface area (Å²) >= 11 is 0.